The van der Waals surface area contributed by atoms with Gasteiger partial charge in [0.05, 0.1) is 0 Å². The van der Waals surface area contributed by atoms with Gasteiger partial charge in [0.1, 0.15) is 5.82 Å². The minimum atomic E-state index is 0.490. The molecule has 0 amide bonds. The van der Waals surface area contributed by atoms with Gasteiger partial charge in [-0.1, -0.05) is 6.92 Å². The number of nitrogens with zero attached hydrogens (tertiary/aromatic N) is 4. The lowest BCUT2D eigenvalue weighted by Gasteiger charge is -2.08. The standard InChI is InChI=1S/C12H16N6/c1-3-5-13-10-8-9(2)16-12(17-10)18-11-14-6-4-7-15-11/h4,6-8H,3,5H2,1-2H3,(H2,13,14,15,16,17,18). The first-order valence-corrected chi connectivity index (χ1v) is 5.91. The van der Waals surface area contributed by atoms with Crippen molar-refractivity contribution in [1.29, 1.82) is 0 Å². The van der Waals surface area contributed by atoms with Crippen LogP contribution < -0.4 is 10.6 Å². The van der Waals surface area contributed by atoms with Gasteiger partial charge in [-0.15, -0.1) is 0 Å². The maximum absolute atomic E-state index is 4.35. The minimum absolute atomic E-state index is 0.490. The van der Waals surface area contributed by atoms with Crippen LogP contribution in [0.3, 0.4) is 0 Å². The molecule has 0 saturated carbocycles. The molecule has 2 aromatic rings. The summed E-state index contributed by atoms with van der Waals surface area (Å²) in [5, 5.41) is 6.21. The Kier molecular flexibility index (Phi) is 4.01. The summed E-state index contributed by atoms with van der Waals surface area (Å²) in [4.78, 5) is 16.8. The van der Waals surface area contributed by atoms with Crippen LogP contribution in [0, 0.1) is 6.92 Å². The van der Waals surface area contributed by atoms with Crippen LogP contribution in [-0.2, 0) is 0 Å². The zero-order chi connectivity index (χ0) is 12.8. The number of rotatable bonds is 5. The highest BCUT2D eigenvalue weighted by molar-refractivity contribution is 5.47. The SMILES string of the molecule is CCCNc1cc(C)nc(Nc2ncccn2)n1. The molecule has 0 unspecified atom stereocenters. The van der Waals surface area contributed by atoms with E-state index >= 15 is 0 Å². The van der Waals surface area contributed by atoms with Crippen LogP contribution in [0.15, 0.2) is 24.5 Å². The molecule has 2 rings (SSSR count). The van der Waals surface area contributed by atoms with Gasteiger partial charge < -0.3 is 5.32 Å². The van der Waals surface area contributed by atoms with E-state index in [4.69, 9.17) is 0 Å². The van der Waals surface area contributed by atoms with Gasteiger partial charge in [0.15, 0.2) is 0 Å². The first kappa shape index (κ1) is 12.2. The molecule has 2 N–H and O–H groups in total. The molecule has 18 heavy (non-hydrogen) atoms. The molecule has 0 aromatic carbocycles. The molecule has 0 aliphatic heterocycles. The predicted octanol–water partition coefficient (Wildman–Crippen LogP) is 2.14. The highest BCUT2D eigenvalue weighted by Gasteiger charge is 2.03. The average Bonchev–Trinajstić information content (AvgIpc) is 2.37. The van der Waals surface area contributed by atoms with E-state index in [1.54, 1.807) is 18.5 Å². The number of aryl methyl sites for hydroxylation is 1. The number of hydrogen-bond acceptors (Lipinski definition) is 6. The van der Waals surface area contributed by atoms with Crippen LogP contribution in [0.1, 0.15) is 19.0 Å². The topological polar surface area (TPSA) is 75.6 Å². The fourth-order valence-corrected chi connectivity index (χ4v) is 1.43. The number of nitrogens with one attached hydrogen (secondary N) is 2. The summed E-state index contributed by atoms with van der Waals surface area (Å²) < 4.78 is 0. The minimum Gasteiger partial charge on any atom is -0.370 e. The normalized spacial score (nSPS) is 10.1. The molecule has 0 radical (unpaired) electrons. The Labute approximate surface area is 106 Å². The lowest BCUT2D eigenvalue weighted by molar-refractivity contribution is 0.961. The Morgan fingerprint density at radius 2 is 1.89 bits per heavy atom. The Bertz CT molecular complexity index is 499. The van der Waals surface area contributed by atoms with Crippen molar-refractivity contribution in [3.8, 4) is 0 Å². The Hall–Kier alpha value is -2.24. The van der Waals surface area contributed by atoms with E-state index in [1.165, 1.54) is 0 Å². The summed E-state index contributed by atoms with van der Waals surface area (Å²) in [6.07, 6.45) is 4.39. The molecule has 0 spiro atoms. The lowest BCUT2D eigenvalue weighted by Crippen LogP contribution is -2.07. The van der Waals surface area contributed by atoms with E-state index in [2.05, 4.69) is 37.5 Å². The predicted molar refractivity (Wildman–Crippen MR) is 70.9 cm³/mol. The second-order valence-electron chi connectivity index (χ2n) is 3.84. The second kappa shape index (κ2) is 5.90. The van der Waals surface area contributed by atoms with Crippen LogP contribution in [0.5, 0.6) is 0 Å². The monoisotopic (exact) mass is 244 g/mol. The van der Waals surface area contributed by atoms with Gasteiger partial charge >= 0.3 is 0 Å². The smallest absolute Gasteiger partial charge is 0.231 e. The highest BCUT2D eigenvalue weighted by Crippen LogP contribution is 2.12. The van der Waals surface area contributed by atoms with Crippen molar-refractivity contribution in [2.45, 2.75) is 20.3 Å². The third-order valence-corrected chi connectivity index (χ3v) is 2.20. The molecule has 0 atom stereocenters. The second-order valence-corrected chi connectivity index (χ2v) is 3.84. The van der Waals surface area contributed by atoms with Crippen molar-refractivity contribution in [1.82, 2.24) is 19.9 Å². The van der Waals surface area contributed by atoms with Crippen molar-refractivity contribution >= 4 is 17.7 Å². The third-order valence-electron chi connectivity index (χ3n) is 2.20. The number of hydrogen-bond donors (Lipinski definition) is 2. The van der Waals surface area contributed by atoms with Crippen molar-refractivity contribution in [3.63, 3.8) is 0 Å². The Morgan fingerprint density at radius 1 is 1.11 bits per heavy atom. The number of aromatic nitrogens is 4. The van der Waals surface area contributed by atoms with Gasteiger partial charge in [-0.2, -0.15) is 4.98 Å². The quantitative estimate of drug-likeness (QED) is 0.839. The van der Waals surface area contributed by atoms with Gasteiger partial charge in [0, 0.05) is 30.7 Å². The van der Waals surface area contributed by atoms with Gasteiger partial charge in [-0.25, -0.2) is 15.0 Å². The number of anilines is 3. The van der Waals surface area contributed by atoms with Crippen molar-refractivity contribution in [2.24, 2.45) is 0 Å². The van der Waals surface area contributed by atoms with E-state index < -0.39 is 0 Å². The van der Waals surface area contributed by atoms with Crippen molar-refractivity contribution < 1.29 is 0 Å². The van der Waals surface area contributed by atoms with Crippen molar-refractivity contribution in [3.05, 3.63) is 30.2 Å². The van der Waals surface area contributed by atoms with E-state index in [-0.39, 0.29) is 0 Å². The molecule has 94 valence electrons. The van der Waals surface area contributed by atoms with Gasteiger partial charge in [0.25, 0.3) is 0 Å². The first-order valence-electron chi connectivity index (χ1n) is 5.91. The fourth-order valence-electron chi connectivity index (χ4n) is 1.43. The van der Waals surface area contributed by atoms with Gasteiger partial charge in [-0.3, -0.25) is 5.32 Å². The first-order chi connectivity index (χ1) is 8.78. The highest BCUT2D eigenvalue weighted by atomic mass is 15.2. The molecular formula is C12H16N6. The van der Waals surface area contributed by atoms with Crippen LogP contribution in [0.2, 0.25) is 0 Å². The molecule has 0 aliphatic rings. The van der Waals surface area contributed by atoms with Gasteiger partial charge in [0.2, 0.25) is 11.9 Å². The summed E-state index contributed by atoms with van der Waals surface area (Å²) in [5.41, 5.74) is 0.891. The van der Waals surface area contributed by atoms with Crippen LogP contribution >= 0.6 is 0 Å². The summed E-state index contributed by atoms with van der Waals surface area (Å²) in [6.45, 7) is 4.92. The van der Waals surface area contributed by atoms with E-state index in [0.29, 0.717) is 11.9 Å². The molecule has 6 heteroatoms. The van der Waals surface area contributed by atoms with Crippen LogP contribution in [0.25, 0.3) is 0 Å². The van der Waals surface area contributed by atoms with Gasteiger partial charge in [-0.05, 0) is 19.4 Å². The molecule has 2 heterocycles. The van der Waals surface area contributed by atoms with E-state index in [0.717, 1.165) is 24.5 Å². The maximum atomic E-state index is 4.35. The lowest BCUT2D eigenvalue weighted by atomic mass is 10.4. The summed E-state index contributed by atoms with van der Waals surface area (Å²) >= 11 is 0. The summed E-state index contributed by atoms with van der Waals surface area (Å²) in [6, 6.07) is 3.67. The zero-order valence-corrected chi connectivity index (χ0v) is 10.5. The molecule has 6 nitrogen and oxygen atoms in total. The van der Waals surface area contributed by atoms with E-state index in [9.17, 15) is 0 Å². The summed E-state index contributed by atoms with van der Waals surface area (Å²) in [5.74, 6) is 1.80. The molecule has 0 bridgehead atoms. The fraction of sp³-hybridized carbons (Fsp3) is 0.333. The zero-order valence-electron chi connectivity index (χ0n) is 10.5. The molecule has 0 saturated heterocycles. The molecular weight excluding hydrogens is 228 g/mol. The summed E-state index contributed by atoms with van der Waals surface area (Å²) in [7, 11) is 0. The largest absolute Gasteiger partial charge is 0.370 e. The van der Waals surface area contributed by atoms with E-state index in [1.807, 2.05) is 13.0 Å². The molecule has 2 aromatic heterocycles. The average molecular weight is 244 g/mol. The van der Waals surface area contributed by atoms with Crippen LogP contribution in [0.4, 0.5) is 17.7 Å². The van der Waals surface area contributed by atoms with Crippen LogP contribution in [-0.4, -0.2) is 26.5 Å². The Morgan fingerprint density at radius 3 is 2.61 bits per heavy atom. The Balaban J connectivity index is 2.15. The molecule has 0 fully saturated rings. The maximum Gasteiger partial charge on any atom is 0.231 e. The molecule has 0 aliphatic carbocycles. The van der Waals surface area contributed by atoms with Crippen molar-refractivity contribution in [2.75, 3.05) is 17.2 Å². The third kappa shape index (κ3) is 3.38.